The molecular weight excluding hydrogens is 340 g/mol. The Morgan fingerprint density at radius 3 is 2.44 bits per heavy atom. The first-order chi connectivity index (χ1) is 13.1. The van der Waals surface area contributed by atoms with Crippen LogP contribution in [0.15, 0.2) is 48.7 Å². The first-order valence-corrected chi connectivity index (χ1v) is 9.43. The highest BCUT2D eigenvalue weighted by Crippen LogP contribution is 2.27. The molecule has 0 N–H and O–H groups in total. The molecule has 0 saturated carbocycles. The van der Waals surface area contributed by atoms with Crippen molar-refractivity contribution >= 4 is 23.3 Å². The molecule has 1 atom stereocenters. The second kappa shape index (κ2) is 7.39. The van der Waals surface area contributed by atoms with Gasteiger partial charge < -0.3 is 14.7 Å². The summed E-state index contributed by atoms with van der Waals surface area (Å²) in [5.74, 6) is 0.828. The molecule has 3 heterocycles. The molecule has 4 rings (SSSR count). The molecular formula is C21H24N4O2. The van der Waals surface area contributed by atoms with Gasteiger partial charge in [-0.1, -0.05) is 23.8 Å². The predicted octanol–water partition coefficient (Wildman–Crippen LogP) is 2.09. The van der Waals surface area contributed by atoms with E-state index in [1.807, 2.05) is 54.3 Å². The minimum atomic E-state index is -0.250. The Kier molecular flexibility index (Phi) is 4.79. The van der Waals surface area contributed by atoms with Crippen LogP contribution in [-0.2, 0) is 9.59 Å². The average molecular weight is 364 g/mol. The highest BCUT2D eigenvalue weighted by atomic mass is 16.2. The summed E-state index contributed by atoms with van der Waals surface area (Å²) >= 11 is 0. The predicted molar refractivity (Wildman–Crippen MR) is 105 cm³/mol. The van der Waals surface area contributed by atoms with Gasteiger partial charge in [-0.2, -0.15) is 0 Å². The Balaban J connectivity index is 1.36. The van der Waals surface area contributed by atoms with Crippen molar-refractivity contribution in [2.75, 3.05) is 42.5 Å². The van der Waals surface area contributed by atoms with Crippen molar-refractivity contribution in [3.05, 3.63) is 54.2 Å². The van der Waals surface area contributed by atoms with Crippen molar-refractivity contribution < 1.29 is 9.59 Å². The Morgan fingerprint density at radius 1 is 1.04 bits per heavy atom. The van der Waals surface area contributed by atoms with E-state index >= 15 is 0 Å². The van der Waals surface area contributed by atoms with E-state index in [1.54, 1.807) is 11.1 Å². The second-order valence-electron chi connectivity index (χ2n) is 7.24. The number of carbonyl (C=O) groups is 2. The molecule has 0 unspecified atom stereocenters. The molecule has 0 spiro atoms. The summed E-state index contributed by atoms with van der Waals surface area (Å²) < 4.78 is 0. The third-order valence-electron chi connectivity index (χ3n) is 5.38. The summed E-state index contributed by atoms with van der Waals surface area (Å²) in [5.41, 5.74) is 2.03. The molecule has 2 fully saturated rings. The largest absolute Gasteiger partial charge is 0.353 e. The number of piperazine rings is 1. The van der Waals surface area contributed by atoms with Gasteiger partial charge in [-0.25, -0.2) is 4.98 Å². The van der Waals surface area contributed by atoms with Crippen LogP contribution >= 0.6 is 0 Å². The number of carbonyl (C=O) groups excluding carboxylic acids is 2. The molecule has 2 saturated heterocycles. The SMILES string of the molecule is Cc1ccc(N2C[C@@H](C(=O)N3CCN(c4ccccn4)CC3)CC2=O)cc1. The van der Waals surface area contributed by atoms with Gasteiger partial charge in [0.1, 0.15) is 5.82 Å². The normalized spacial score (nSPS) is 20.3. The van der Waals surface area contributed by atoms with E-state index in [9.17, 15) is 9.59 Å². The molecule has 140 valence electrons. The highest BCUT2D eigenvalue weighted by Gasteiger charge is 2.37. The zero-order valence-corrected chi connectivity index (χ0v) is 15.5. The Labute approximate surface area is 159 Å². The van der Waals surface area contributed by atoms with Gasteiger partial charge in [0.2, 0.25) is 11.8 Å². The van der Waals surface area contributed by atoms with Gasteiger partial charge in [0.25, 0.3) is 0 Å². The average Bonchev–Trinajstić information content (AvgIpc) is 3.10. The van der Waals surface area contributed by atoms with Crippen LogP contribution in [0.4, 0.5) is 11.5 Å². The van der Waals surface area contributed by atoms with E-state index in [4.69, 9.17) is 0 Å². The number of amides is 2. The topological polar surface area (TPSA) is 56.8 Å². The van der Waals surface area contributed by atoms with E-state index < -0.39 is 0 Å². The number of aromatic nitrogens is 1. The summed E-state index contributed by atoms with van der Waals surface area (Å²) in [4.78, 5) is 35.6. The van der Waals surface area contributed by atoms with Crippen LogP contribution in [0.2, 0.25) is 0 Å². The lowest BCUT2D eigenvalue weighted by atomic mass is 10.1. The van der Waals surface area contributed by atoms with Gasteiger partial charge in [0.15, 0.2) is 0 Å². The van der Waals surface area contributed by atoms with Crippen molar-refractivity contribution in [1.82, 2.24) is 9.88 Å². The first-order valence-electron chi connectivity index (χ1n) is 9.43. The smallest absolute Gasteiger partial charge is 0.228 e. The summed E-state index contributed by atoms with van der Waals surface area (Å²) in [6.07, 6.45) is 2.09. The number of rotatable bonds is 3. The van der Waals surface area contributed by atoms with Crippen LogP contribution in [-0.4, -0.2) is 54.4 Å². The third kappa shape index (κ3) is 3.65. The lowest BCUT2D eigenvalue weighted by Crippen LogP contribution is -2.51. The van der Waals surface area contributed by atoms with Crippen molar-refractivity contribution in [2.45, 2.75) is 13.3 Å². The Hall–Kier alpha value is -2.89. The standard InChI is InChI=1S/C21H24N4O2/c1-16-5-7-18(8-6-16)25-15-17(14-20(25)26)21(27)24-12-10-23(11-13-24)19-4-2-3-9-22-19/h2-9,17H,10-15H2,1H3/t17-/m0/s1. The number of pyridine rings is 1. The van der Waals surface area contributed by atoms with Gasteiger partial charge in [0, 0.05) is 51.0 Å². The van der Waals surface area contributed by atoms with Crippen molar-refractivity contribution in [3.63, 3.8) is 0 Å². The van der Waals surface area contributed by atoms with E-state index in [-0.39, 0.29) is 17.7 Å². The van der Waals surface area contributed by atoms with E-state index in [2.05, 4.69) is 9.88 Å². The molecule has 1 aromatic carbocycles. The molecule has 0 aliphatic carbocycles. The maximum Gasteiger partial charge on any atom is 0.228 e. The molecule has 2 aromatic rings. The van der Waals surface area contributed by atoms with Crippen molar-refractivity contribution in [2.24, 2.45) is 5.92 Å². The number of hydrogen-bond donors (Lipinski definition) is 0. The molecule has 6 heteroatoms. The maximum atomic E-state index is 12.9. The molecule has 0 radical (unpaired) electrons. The minimum Gasteiger partial charge on any atom is -0.353 e. The number of hydrogen-bond acceptors (Lipinski definition) is 4. The van der Waals surface area contributed by atoms with Crippen LogP contribution in [0.25, 0.3) is 0 Å². The van der Waals surface area contributed by atoms with Crippen LogP contribution in [0, 0.1) is 12.8 Å². The molecule has 0 bridgehead atoms. The van der Waals surface area contributed by atoms with Gasteiger partial charge in [-0.3, -0.25) is 9.59 Å². The molecule has 6 nitrogen and oxygen atoms in total. The monoisotopic (exact) mass is 364 g/mol. The van der Waals surface area contributed by atoms with Gasteiger partial charge in [0.05, 0.1) is 5.92 Å². The zero-order chi connectivity index (χ0) is 18.8. The summed E-state index contributed by atoms with van der Waals surface area (Å²) in [5, 5.41) is 0. The van der Waals surface area contributed by atoms with Gasteiger partial charge in [-0.15, -0.1) is 0 Å². The number of anilines is 2. The van der Waals surface area contributed by atoms with E-state index in [0.717, 1.165) is 30.2 Å². The van der Waals surface area contributed by atoms with Crippen LogP contribution < -0.4 is 9.80 Å². The number of nitrogens with zero attached hydrogens (tertiary/aromatic N) is 4. The van der Waals surface area contributed by atoms with Crippen LogP contribution in [0.3, 0.4) is 0 Å². The highest BCUT2D eigenvalue weighted by molar-refractivity contribution is 6.00. The van der Waals surface area contributed by atoms with Crippen LogP contribution in [0.1, 0.15) is 12.0 Å². The molecule has 27 heavy (non-hydrogen) atoms. The summed E-state index contributed by atoms with van der Waals surface area (Å²) in [6, 6.07) is 13.8. The van der Waals surface area contributed by atoms with E-state index in [0.29, 0.717) is 26.1 Å². The minimum absolute atomic E-state index is 0.0318. The van der Waals surface area contributed by atoms with Crippen LogP contribution in [0.5, 0.6) is 0 Å². The first kappa shape index (κ1) is 17.5. The fourth-order valence-electron chi connectivity index (χ4n) is 3.80. The number of aryl methyl sites for hydroxylation is 1. The molecule has 2 aliphatic rings. The van der Waals surface area contributed by atoms with Crippen molar-refractivity contribution in [1.29, 1.82) is 0 Å². The van der Waals surface area contributed by atoms with Gasteiger partial charge >= 0.3 is 0 Å². The molecule has 2 aliphatic heterocycles. The van der Waals surface area contributed by atoms with Crippen molar-refractivity contribution in [3.8, 4) is 0 Å². The fourth-order valence-corrected chi connectivity index (χ4v) is 3.80. The zero-order valence-electron chi connectivity index (χ0n) is 15.5. The second-order valence-corrected chi connectivity index (χ2v) is 7.24. The quantitative estimate of drug-likeness (QED) is 0.837. The maximum absolute atomic E-state index is 12.9. The Morgan fingerprint density at radius 2 is 1.78 bits per heavy atom. The lowest BCUT2D eigenvalue weighted by Gasteiger charge is -2.36. The molecule has 2 amide bonds. The van der Waals surface area contributed by atoms with E-state index in [1.165, 1.54) is 0 Å². The summed E-state index contributed by atoms with van der Waals surface area (Å²) in [6.45, 7) is 5.37. The summed E-state index contributed by atoms with van der Waals surface area (Å²) in [7, 11) is 0. The Bertz CT molecular complexity index is 814. The third-order valence-corrected chi connectivity index (χ3v) is 5.38. The fraction of sp³-hybridized carbons (Fsp3) is 0.381. The lowest BCUT2D eigenvalue weighted by molar-refractivity contribution is -0.136. The molecule has 1 aromatic heterocycles. The van der Waals surface area contributed by atoms with Gasteiger partial charge in [-0.05, 0) is 31.2 Å². The number of benzene rings is 1.